The van der Waals surface area contributed by atoms with Crippen molar-refractivity contribution in [2.75, 3.05) is 13.1 Å². The Morgan fingerprint density at radius 1 is 1.48 bits per heavy atom. The number of rotatable bonds is 8. The van der Waals surface area contributed by atoms with Gasteiger partial charge in [-0.25, -0.2) is 8.42 Å². The summed E-state index contributed by atoms with van der Waals surface area (Å²) in [5.41, 5.74) is 0. The Morgan fingerprint density at radius 2 is 2.19 bits per heavy atom. The average Bonchev–Trinajstić information content (AvgIpc) is 3.10. The van der Waals surface area contributed by atoms with Crippen molar-refractivity contribution in [3.05, 3.63) is 17.0 Å². The third-order valence-electron chi connectivity index (χ3n) is 3.34. The lowest BCUT2D eigenvalue weighted by Crippen LogP contribution is -2.32. The number of nitrogens with one attached hydrogen (secondary N) is 1. The Labute approximate surface area is 131 Å². The fourth-order valence-electron chi connectivity index (χ4n) is 1.96. The highest BCUT2D eigenvalue weighted by molar-refractivity contribution is 7.91. The van der Waals surface area contributed by atoms with E-state index in [2.05, 4.69) is 25.1 Å². The highest BCUT2D eigenvalue weighted by Gasteiger charge is 2.32. The highest BCUT2D eigenvalue weighted by Crippen LogP contribution is 2.32. The summed E-state index contributed by atoms with van der Waals surface area (Å²) in [6.07, 6.45) is 7.53. The van der Waals surface area contributed by atoms with Gasteiger partial charge in [-0.15, -0.1) is 17.8 Å². The largest absolute Gasteiger partial charge is 0.310 e. The van der Waals surface area contributed by atoms with E-state index in [0.717, 1.165) is 17.7 Å². The minimum atomic E-state index is -3.45. The van der Waals surface area contributed by atoms with Crippen LogP contribution in [0.2, 0.25) is 0 Å². The Hall–Kier alpha value is -0.870. The van der Waals surface area contributed by atoms with E-state index in [-0.39, 0.29) is 6.54 Å². The van der Waals surface area contributed by atoms with Gasteiger partial charge in [0.05, 0.1) is 6.54 Å². The molecule has 2 rings (SSSR count). The number of hydrogen-bond acceptors (Lipinski definition) is 4. The van der Waals surface area contributed by atoms with Gasteiger partial charge in [0.25, 0.3) is 10.0 Å². The van der Waals surface area contributed by atoms with Crippen molar-refractivity contribution < 1.29 is 8.42 Å². The van der Waals surface area contributed by atoms with E-state index in [1.807, 2.05) is 6.07 Å². The van der Waals surface area contributed by atoms with E-state index >= 15 is 0 Å². The van der Waals surface area contributed by atoms with E-state index in [1.165, 1.54) is 15.6 Å². The summed E-state index contributed by atoms with van der Waals surface area (Å²) in [5.74, 6) is 2.94. The summed E-state index contributed by atoms with van der Waals surface area (Å²) in [6.45, 7) is 5.51. The van der Waals surface area contributed by atoms with Gasteiger partial charge in [0.2, 0.25) is 0 Å². The SMILES string of the molecule is C#CCN(CC1CC1)S(=O)(=O)c1ccc(CNC(C)C)s1. The summed E-state index contributed by atoms with van der Waals surface area (Å²) in [4.78, 5) is 1.02. The van der Waals surface area contributed by atoms with E-state index in [1.54, 1.807) is 6.07 Å². The summed E-state index contributed by atoms with van der Waals surface area (Å²) < 4.78 is 27.1. The molecule has 0 aromatic carbocycles. The molecule has 1 saturated carbocycles. The molecule has 0 saturated heterocycles. The van der Waals surface area contributed by atoms with Crippen molar-refractivity contribution in [3.63, 3.8) is 0 Å². The van der Waals surface area contributed by atoms with Crippen molar-refractivity contribution in [3.8, 4) is 12.3 Å². The Kier molecular flexibility index (Phi) is 5.44. The summed E-state index contributed by atoms with van der Waals surface area (Å²) in [7, 11) is -3.45. The summed E-state index contributed by atoms with van der Waals surface area (Å²) in [5, 5.41) is 3.29. The molecule has 6 heteroatoms. The van der Waals surface area contributed by atoms with Crippen LogP contribution in [0.15, 0.2) is 16.3 Å². The van der Waals surface area contributed by atoms with Gasteiger partial charge >= 0.3 is 0 Å². The fraction of sp³-hybridized carbons (Fsp3) is 0.600. The molecular formula is C15H22N2O2S2. The van der Waals surface area contributed by atoms with Crippen LogP contribution in [0.5, 0.6) is 0 Å². The van der Waals surface area contributed by atoms with Crippen LogP contribution in [0.3, 0.4) is 0 Å². The molecule has 4 nitrogen and oxygen atoms in total. The molecule has 1 aromatic heterocycles. The van der Waals surface area contributed by atoms with Gasteiger partial charge in [0.15, 0.2) is 0 Å². The van der Waals surface area contributed by atoms with Crippen LogP contribution >= 0.6 is 11.3 Å². The lowest BCUT2D eigenvalue weighted by atomic mass is 10.4. The number of sulfonamides is 1. The van der Waals surface area contributed by atoms with Crippen LogP contribution < -0.4 is 5.32 Å². The molecule has 116 valence electrons. The standard InChI is InChI=1S/C15H22N2O2S2/c1-4-9-17(11-13-5-6-13)21(18,19)15-8-7-14(20-15)10-16-12(2)3/h1,7-8,12-13,16H,5-6,9-11H2,2-3H3. The highest BCUT2D eigenvalue weighted by atomic mass is 32.2. The lowest BCUT2D eigenvalue weighted by Gasteiger charge is -2.18. The molecule has 1 N–H and O–H groups in total. The molecule has 1 heterocycles. The second-order valence-corrected chi connectivity index (χ2v) is 9.03. The van der Waals surface area contributed by atoms with Crippen LogP contribution in [0.25, 0.3) is 0 Å². The molecule has 0 radical (unpaired) electrons. The molecule has 0 bridgehead atoms. The minimum Gasteiger partial charge on any atom is -0.310 e. The summed E-state index contributed by atoms with van der Waals surface area (Å²) in [6, 6.07) is 3.94. The maximum atomic E-state index is 12.7. The van der Waals surface area contributed by atoms with Crippen molar-refractivity contribution in [2.24, 2.45) is 5.92 Å². The molecule has 0 amide bonds. The van der Waals surface area contributed by atoms with Crippen LogP contribution in [-0.2, 0) is 16.6 Å². The molecule has 0 unspecified atom stereocenters. The molecule has 0 aliphatic heterocycles. The molecule has 1 aliphatic rings. The second-order valence-electron chi connectivity index (χ2n) is 5.70. The normalized spacial score (nSPS) is 15.6. The first kappa shape index (κ1) is 16.5. The van der Waals surface area contributed by atoms with E-state index in [4.69, 9.17) is 6.42 Å². The topological polar surface area (TPSA) is 49.4 Å². The first-order valence-corrected chi connectivity index (χ1v) is 9.45. The Balaban J connectivity index is 2.11. The predicted octanol–water partition coefficient (Wildman–Crippen LogP) is 2.28. The van der Waals surface area contributed by atoms with Crippen LogP contribution in [0.1, 0.15) is 31.6 Å². The zero-order valence-electron chi connectivity index (χ0n) is 12.5. The van der Waals surface area contributed by atoms with Crippen LogP contribution in [0.4, 0.5) is 0 Å². The van der Waals surface area contributed by atoms with Crippen molar-refractivity contribution in [1.82, 2.24) is 9.62 Å². The number of thiophene rings is 1. The van der Waals surface area contributed by atoms with Crippen molar-refractivity contribution in [1.29, 1.82) is 0 Å². The summed E-state index contributed by atoms with van der Waals surface area (Å²) >= 11 is 1.32. The smallest absolute Gasteiger partial charge is 0.253 e. The second kappa shape index (κ2) is 6.93. The molecule has 0 atom stereocenters. The van der Waals surface area contributed by atoms with Gasteiger partial charge in [-0.3, -0.25) is 0 Å². The lowest BCUT2D eigenvalue weighted by molar-refractivity contribution is 0.431. The molecule has 1 aromatic rings. The van der Waals surface area contributed by atoms with Gasteiger partial charge in [0, 0.05) is 24.0 Å². The zero-order valence-corrected chi connectivity index (χ0v) is 14.1. The molecule has 1 fully saturated rings. The monoisotopic (exact) mass is 326 g/mol. The Morgan fingerprint density at radius 3 is 2.76 bits per heavy atom. The third kappa shape index (κ3) is 4.55. The van der Waals surface area contributed by atoms with Gasteiger partial charge in [-0.05, 0) is 30.9 Å². The maximum absolute atomic E-state index is 12.7. The molecule has 1 aliphatic carbocycles. The van der Waals surface area contributed by atoms with E-state index < -0.39 is 10.0 Å². The van der Waals surface area contributed by atoms with E-state index in [0.29, 0.717) is 29.3 Å². The number of terminal acetylenes is 1. The number of nitrogens with zero attached hydrogens (tertiary/aromatic N) is 1. The average molecular weight is 326 g/mol. The van der Waals surface area contributed by atoms with Crippen molar-refractivity contribution in [2.45, 2.75) is 43.5 Å². The predicted molar refractivity (Wildman–Crippen MR) is 86.6 cm³/mol. The van der Waals surface area contributed by atoms with Gasteiger partial charge in [-0.1, -0.05) is 19.8 Å². The third-order valence-corrected chi connectivity index (χ3v) is 6.71. The van der Waals surface area contributed by atoms with Gasteiger partial charge in [-0.2, -0.15) is 4.31 Å². The van der Waals surface area contributed by atoms with Crippen LogP contribution in [0, 0.1) is 18.3 Å². The molecular weight excluding hydrogens is 304 g/mol. The first-order valence-electron chi connectivity index (χ1n) is 7.19. The van der Waals surface area contributed by atoms with Gasteiger partial charge in [0.1, 0.15) is 4.21 Å². The molecule has 0 spiro atoms. The zero-order chi connectivity index (χ0) is 15.5. The Bertz CT molecular complexity index is 610. The minimum absolute atomic E-state index is 0.149. The fourth-order valence-corrected chi connectivity index (χ4v) is 4.85. The van der Waals surface area contributed by atoms with Crippen LogP contribution in [-0.4, -0.2) is 31.9 Å². The number of hydrogen-bond donors (Lipinski definition) is 1. The molecule has 21 heavy (non-hydrogen) atoms. The van der Waals surface area contributed by atoms with Gasteiger partial charge < -0.3 is 5.32 Å². The van der Waals surface area contributed by atoms with Crippen molar-refractivity contribution >= 4 is 21.4 Å². The first-order chi connectivity index (χ1) is 9.93. The maximum Gasteiger partial charge on any atom is 0.253 e. The quantitative estimate of drug-likeness (QED) is 0.746. The van der Waals surface area contributed by atoms with E-state index in [9.17, 15) is 8.42 Å².